The van der Waals surface area contributed by atoms with E-state index in [1.165, 1.54) is 0 Å². The lowest BCUT2D eigenvalue weighted by atomic mass is 10.2. The number of benzene rings is 1. The molecule has 2 aromatic rings. The summed E-state index contributed by atoms with van der Waals surface area (Å²) in [4.78, 5) is 0. The predicted octanol–water partition coefficient (Wildman–Crippen LogP) is 4.26. The van der Waals surface area contributed by atoms with Crippen molar-refractivity contribution in [2.24, 2.45) is 0 Å². The quantitative estimate of drug-likeness (QED) is 0.828. The van der Waals surface area contributed by atoms with Crippen molar-refractivity contribution in [1.82, 2.24) is 10.2 Å². The molecule has 1 heterocycles. The molecule has 0 unspecified atom stereocenters. The Kier molecular flexibility index (Phi) is 2.95. The summed E-state index contributed by atoms with van der Waals surface area (Å²) in [5, 5.41) is 7.34. The van der Waals surface area contributed by atoms with Crippen molar-refractivity contribution >= 4 is 43.5 Å². The molecule has 1 N–H and O–H groups in total. The van der Waals surface area contributed by atoms with Gasteiger partial charge in [-0.2, -0.15) is 5.10 Å². The first-order chi connectivity index (χ1) is 6.66. The molecule has 1 aromatic heterocycles. The van der Waals surface area contributed by atoms with Crippen molar-refractivity contribution in [3.05, 3.63) is 38.4 Å². The standard InChI is InChI=1S/C9H5Br2ClN2/c10-6-1-5(2-7(11)3-6)9-8(12)4-13-14-9/h1-4H,(H,13,14). The summed E-state index contributed by atoms with van der Waals surface area (Å²) in [6.07, 6.45) is 1.59. The van der Waals surface area contributed by atoms with E-state index in [4.69, 9.17) is 11.6 Å². The van der Waals surface area contributed by atoms with Crippen molar-refractivity contribution in [1.29, 1.82) is 0 Å². The van der Waals surface area contributed by atoms with E-state index in [1.807, 2.05) is 18.2 Å². The van der Waals surface area contributed by atoms with Crippen molar-refractivity contribution < 1.29 is 0 Å². The average Bonchev–Trinajstić information content (AvgIpc) is 2.49. The van der Waals surface area contributed by atoms with Crippen LogP contribution in [0.5, 0.6) is 0 Å². The fourth-order valence-corrected chi connectivity index (χ4v) is 2.67. The molecule has 0 saturated heterocycles. The van der Waals surface area contributed by atoms with Gasteiger partial charge in [-0.1, -0.05) is 43.5 Å². The molecule has 5 heteroatoms. The summed E-state index contributed by atoms with van der Waals surface area (Å²) < 4.78 is 1.99. The summed E-state index contributed by atoms with van der Waals surface area (Å²) in [6.45, 7) is 0. The fraction of sp³-hybridized carbons (Fsp3) is 0. The Labute approximate surface area is 103 Å². The van der Waals surface area contributed by atoms with Crippen LogP contribution in [0.1, 0.15) is 0 Å². The molecule has 1 aromatic carbocycles. The average molecular weight is 336 g/mol. The van der Waals surface area contributed by atoms with Crippen molar-refractivity contribution in [2.75, 3.05) is 0 Å². The van der Waals surface area contributed by atoms with E-state index in [9.17, 15) is 0 Å². The second kappa shape index (κ2) is 4.04. The smallest absolute Gasteiger partial charge is 0.0862 e. The van der Waals surface area contributed by atoms with Crippen LogP contribution in [0.4, 0.5) is 0 Å². The maximum Gasteiger partial charge on any atom is 0.0862 e. The first kappa shape index (κ1) is 10.2. The number of hydrogen-bond donors (Lipinski definition) is 1. The van der Waals surface area contributed by atoms with Crippen LogP contribution >= 0.6 is 43.5 Å². The summed E-state index contributed by atoms with van der Waals surface area (Å²) in [7, 11) is 0. The SMILES string of the molecule is Clc1cn[nH]c1-c1cc(Br)cc(Br)c1. The van der Waals surface area contributed by atoms with Crippen LogP contribution in [0.2, 0.25) is 5.02 Å². The van der Waals surface area contributed by atoms with Gasteiger partial charge in [-0.25, -0.2) is 0 Å². The highest BCUT2D eigenvalue weighted by Gasteiger charge is 2.06. The summed E-state index contributed by atoms with van der Waals surface area (Å²) >= 11 is 12.8. The monoisotopic (exact) mass is 334 g/mol. The highest BCUT2D eigenvalue weighted by Crippen LogP contribution is 2.30. The van der Waals surface area contributed by atoms with Gasteiger partial charge < -0.3 is 0 Å². The van der Waals surface area contributed by atoms with Crippen LogP contribution in [-0.4, -0.2) is 10.2 Å². The van der Waals surface area contributed by atoms with E-state index in [1.54, 1.807) is 6.20 Å². The third kappa shape index (κ3) is 2.02. The Morgan fingerprint density at radius 2 is 1.79 bits per heavy atom. The Bertz CT molecular complexity index is 447. The topological polar surface area (TPSA) is 28.7 Å². The third-order valence-corrected chi connectivity index (χ3v) is 2.95. The van der Waals surface area contributed by atoms with Gasteiger partial charge in [0.2, 0.25) is 0 Å². The zero-order valence-corrected chi connectivity index (χ0v) is 10.8. The van der Waals surface area contributed by atoms with Gasteiger partial charge in [0.25, 0.3) is 0 Å². The summed E-state index contributed by atoms with van der Waals surface area (Å²) in [6, 6.07) is 5.92. The van der Waals surface area contributed by atoms with Gasteiger partial charge in [0.1, 0.15) is 0 Å². The molecule has 0 aliphatic rings. The highest BCUT2D eigenvalue weighted by molar-refractivity contribution is 9.11. The Morgan fingerprint density at radius 1 is 1.14 bits per heavy atom. The molecule has 0 bridgehead atoms. The molecule has 0 spiro atoms. The molecule has 0 aliphatic carbocycles. The van der Waals surface area contributed by atoms with Crippen LogP contribution in [0.15, 0.2) is 33.3 Å². The molecule has 0 aliphatic heterocycles. The second-order valence-corrected chi connectivity index (χ2v) is 4.99. The first-order valence-corrected chi connectivity index (χ1v) is 5.78. The minimum absolute atomic E-state index is 0.620. The van der Waals surface area contributed by atoms with Crippen LogP contribution in [0.25, 0.3) is 11.3 Å². The normalized spacial score (nSPS) is 10.5. The molecular formula is C9H5Br2ClN2. The maximum atomic E-state index is 5.95. The molecule has 0 fully saturated rings. The highest BCUT2D eigenvalue weighted by atomic mass is 79.9. The lowest BCUT2D eigenvalue weighted by Gasteiger charge is -2.01. The van der Waals surface area contributed by atoms with E-state index < -0.39 is 0 Å². The molecule has 0 amide bonds. The summed E-state index contributed by atoms with van der Waals surface area (Å²) in [5.41, 5.74) is 1.82. The van der Waals surface area contributed by atoms with E-state index in [-0.39, 0.29) is 0 Å². The first-order valence-electron chi connectivity index (χ1n) is 3.82. The van der Waals surface area contributed by atoms with Gasteiger partial charge in [-0.15, -0.1) is 0 Å². The molecule has 2 nitrogen and oxygen atoms in total. The molecular weight excluding hydrogens is 331 g/mol. The van der Waals surface area contributed by atoms with Gasteiger partial charge in [-0.05, 0) is 18.2 Å². The molecule has 14 heavy (non-hydrogen) atoms. The van der Waals surface area contributed by atoms with Crippen LogP contribution < -0.4 is 0 Å². The molecule has 0 atom stereocenters. The lowest BCUT2D eigenvalue weighted by Crippen LogP contribution is -1.80. The fourth-order valence-electron chi connectivity index (χ4n) is 1.17. The zero-order valence-electron chi connectivity index (χ0n) is 6.89. The Morgan fingerprint density at radius 3 is 2.29 bits per heavy atom. The number of hydrogen-bond acceptors (Lipinski definition) is 1. The van der Waals surface area contributed by atoms with Gasteiger partial charge >= 0.3 is 0 Å². The van der Waals surface area contributed by atoms with E-state index in [0.29, 0.717) is 5.02 Å². The van der Waals surface area contributed by atoms with Crippen LogP contribution in [0.3, 0.4) is 0 Å². The van der Waals surface area contributed by atoms with Gasteiger partial charge in [-0.3, -0.25) is 5.10 Å². The van der Waals surface area contributed by atoms with Crippen molar-refractivity contribution in [2.45, 2.75) is 0 Å². The van der Waals surface area contributed by atoms with Crippen LogP contribution in [-0.2, 0) is 0 Å². The van der Waals surface area contributed by atoms with E-state index in [2.05, 4.69) is 42.1 Å². The van der Waals surface area contributed by atoms with E-state index in [0.717, 1.165) is 20.2 Å². The number of rotatable bonds is 1. The number of halogens is 3. The number of nitrogens with one attached hydrogen (secondary N) is 1. The van der Waals surface area contributed by atoms with Crippen molar-refractivity contribution in [3.63, 3.8) is 0 Å². The Hall–Kier alpha value is -0.320. The lowest BCUT2D eigenvalue weighted by molar-refractivity contribution is 1.09. The third-order valence-electron chi connectivity index (χ3n) is 1.74. The number of aromatic nitrogens is 2. The van der Waals surface area contributed by atoms with Gasteiger partial charge in [0.15, 0.2) is 0 Å². The van der Waals surface area contributed by atoms with Gasteiger partial charge in [0, 0.05) is 14.5 Å². The number of H-pyrrole nitrogens is 1. The minimum atomic E-state index is 0.620. The predicted molar refractivity (Wildman–Crippen MR) is 64.4 cm³/mol. The van der Waals surface area contributed by atoms with Crippen LogP contribution in [0, 0.1) is 0 Å². The zero-order chi connectivity index (χ0) is 10.1. The molecule has 0 saturated carbocycles. The molecule has 2 rings (SSSR count). The second-order valence-electron chi connectivity index (χ2n) is 2.75. The van der Waals surface area contributed by atoms with E-state index >= 15 is 0 Å². The minimum Gasteiger partial charge on any atom is -0.276 e. The summed E-state index contributed by atoms with van der Waals surface area (Å²) in [5.74, 6) is 0. The Balaban J connectivity index is 2.57. The van der Waals surface area contributed by atoms with Crippen molar-refractivity contribution in [3.8, 4) is 11.3 Å². The molecule has 72 valence electrons. The van der Waals surface area contributed by atoms with Gasteiger partial charge in [0.05, 0.1) is 16.9 Å². The largest absolute Gasteiger partial charge is 0.276 e. The maximum absolute atomic E-state index is 5.95. The number of nitrogens with zero attached hydrogens (tertiary/aromatic N) is 1. The molecule has 0 radical (unpaired) electrons. The number of aromatic amines is 1.